The van der Waals surface area contributed by atoms with Gasteiger partial charge in [0.25, 0.3) is 5.91 Å². The maximum Gasteiger partial charge on any atom is 0.351 e. The molecule has 3 aromatic rings. The van der Waals surface area contributed by atoms with Crippen LogP contribution >= 0.6 is 24.0 Å². The summed E-state index contributed by atoms with van der Waals surface area (Å²) in [6.45, 7) is 0. The van der Waals surface area contributed by atoms with Gasteiger partial charge in [-0.15, -0.1) is 0 Å². The number of rotatable bonds is 4. The second kappa shape index (κ2) is 8.49. The van der Waals surface area contributed by atoms with Gasteiger partial charge in [0.1, 0.15) is 38.5 Å². The van der Waals surface area contributed by atoms with E-state index in [1.807, 2.05) is 4.90 Å². The topological polar surface area (TPSA) is 93.1 Å². The summed E-state index contributed by atoms with van der Waals surface area (Å²) < 4.78 is 17.1. The van der Waals surface area contributed by atoms with Gasteiger partial charge in [-0.3, -0.25) is 9.69 Å². The average molecular weight is 536 g/mol. The van der Waals surface area contributed by atoms with Gasteiger partial charge in [0.05, 0.1) is 17.4 Å². The number of benzene rings is 1. The third-order valence-electron chi connectivity index (χ3n) is 8.53. The number of aromatic hydroxyl groups is 1. The molecule has 4 bridgehead atoms. The highest BCUT2D eigenvalue weighted by Crippen LogP contribution is 2.56. The molecule has 190 valence electrons. The van der Waals surface area contributed by atoms with Crippen LogP contribution in [0.5, 0.6) is 11.5 Å². The Kier molecular flexibility index (Phi) is 5.30. The summed E-state index contributed by atoms with van der Waals surface area (Å²) >= 11 is 6.99. The van der Waals surface area contributed by atoms with E-state index in [1.165, 1.54) is 51.0 Å². The van der Waals surface area contributed by atoms with E-state index in [9.17, 15) is 14.7 Å². The number of methoxy groups -OCH3 is 1. The molecule has 3 heterocycles. The molecule has 0 atom stereocenters. The lowest BCUT2D eigenvalue weighted by molar-refractivity contribution is -0.130. The summed E-state index contributed by atoms with van der Waals surface area (Å²) in [5, 5.41) is 11.2. The second-order valence-corrected chi connectivity index (χ2v) is 12.3. The largest absolute Gasteiger partial charge is 0.506 e. The normalized spacial score (nSPS) is 29.7. The van der Waals surface area contributed by atoms with Crippen LogP contribution < -0.4 is 10.4 Å². The van der Waals surface area contributed by atoms with Gasteiger partial charge >= 0.3 is 5.63 Å². The first-order valence-electron chi connectivity index (χ1n) is 12.6. The Labute approximate surface area is 222 Å². The van der Waals surface area contributed by atoms with Gasteiger partial charge < -0.3 is 18.7 Å². The van der Waals surface area contributed by atoms with Gasteiger partial charge in [-0.1, -0.05) is 24.0 Å². The highest BCUT2D eigenvalue weighted by molar-refractivity contribution is 8.26. The molecule has 2 aromatic heterocycles. The van der Waals surface area contributed by atoms with Crippen molar-refractivity contribution in [3.05, 3.63) is 51.4 Å². The molecule has 0 radical (unpaired) electrons. The Hall–Kier alpha value is -3.04. The van der Waals surface area contributed by atoms with E-state index in [2.05, 4.69) is 0 Å². The quantitative estimate of drug-likeness (QED) is 0.255. The molecule has 37 heavy (non-hydrogen) atoms. The number of amides is 1. The SMILES string of the molecule is COc1ccc2oc(=O)c(-c3ccc(/C=C4/SC(=S)N(C5C6CC7CC(C6)CC5C7)C4=O)o3)c(O)c2c1. The van der Waals surface area contributed by atoms with Gasteiger partial charge in [0.2, 0.25) is 0 Å². The Bertz CT molecular complexity index is 1520. The van der Waals surface area contributed by atoms with E-state index in [4.69, 9.17) is 25.8 Å². The predicted octanol–water partition coefficient (Wildman–Crippen LogP) is 5.79. The molecule has 4 aliphatic carbocycles. The van der Waals surface area contributed by atoms with Crippen molar-refractivity contribution >= 4 is 51.3 Å². The molecule has 0 unspecified atom stereocenters. The minimum atomic E-state index is -0.718. The molecule has 5 aliphatic rings. The minimum absolute atomic E-state index is 0.0643. The van der Waals surface area contributed by atoms with Crippen molar-refractivity contribution in [2.45, 2.75) is 38.1 Å². The second-order valence-electron chi connectivity index (χ2n) is 10.7. The standard InChI is InChI=1S/C28H25NO6S2/c1-33-17-2-4-20-19(11-17)25(30)23(27(32)35-20)21-5-3-18(34-21)12-22-26(31)29(28(36)37-22)24-15-7-13-6-14(9-15)10-16(24)8-13/h2-5,11-16,24,30H,6-10H2,1H3/b22-12+. The van der Waals surface area contributed by atoms with Gasteiger partial charge in [-0.05, 0) is 86.1 Å². The Morgan fingerprint density at radius 1 is 1.05 bits per heavy atom. The Morgan fingerprint density at radius 3 is 2.49 bits per heavy atom. The fourth-order valence-electron chi connectivity index (χ4n) is 7.26. The lowest BCUT2D eigenvalue weighted by Gasteiger charge is -2.56. The van der Waals surface area contributed by atoms with Crippen LogP contribution in [0.4, 0.5) is 0 Å². The molecular weight excluding hydrogens is 510 g/mol. The number of nitrogens with zero attached hydrogens (tertiary/aromatic N) is 1. The predicted molar refractivity (Wildman–Crippen MR) is 144 cm³/mol. The van der Waals surface area contributed by atoms with Crippen LogP contribution in [0.1, 0.15) is 37.9 Å². The number of carbonyl (C=O) groups excluding carboxylic acids is 1. The van der Waals surface area contributed by atoms with Crippen LogP contribution in [-0.4, -0.2) is 33.4 Å². The van der Waals surface area contributed by atoms with Crippen molar-refractivity contribution < 1.29 is 23.5 Å². The lowest BCUT2D eigenvalue weighted by Crippen LogP contribution is -2.57. The van der Waals surface area contributed by atoms with Crippen molar-refractivity contribution in [1.29, 1.82) is 0 Å². The van der Waals surface area contributed by atoms with Gasteiger partial charge in [0.15, 0.2) is 0 Å². The molecule has 1 N–H and O–H groups in total. The summed E-state index contributed by atoms with van der Waals surface area (Å²) in [4.78, 5) is 28.6. The summed E-state index contributed by atoms with van der Waals surface area (Å²) in [7, 11) is 1.52. The first-order valence-corrected chi connectivity index (χ1v) is 13.8. The zero-order valence-corrected chi connectivity index (χ0v) is 21.8. The van der Waals surface area contributed by atoms with Gasteiger partial charge in [0, 0.05) is 12.1 Å². The molecule has 1 aromatic carbocycles. The molecular formula is C28H25NO6S2. The molecule has 4 saturated carbocycles. The van der Waals surface area contributed by atoms with E-state index >= 15 is 0 Å². The number of carbonyl (C=O) groups is 1. The zero-order valence-electron chi connectivity index (χ0n) is 20.1. The summed E-state index contributed by atoms with van der Waals surface area (Å²) in [6, 6.07) is 8.26. The molecule has 7 nitrogen and oxygen atoms in total. The van der Waals surface area contributed by atoms with Crippen molar-refractivity contribution in [2.75, 3.05) is 7.11 Å². The Balaban J connectivity index is 1.19. The fourth-order valence-corrected chi connectivity index (χ4v) is 8.58. The monoisotopic (exact) mass is 535 g/mol. The highest BCUT2D eigenvalue weighted by Gasteiger charge is 2.53. The molecule has 1 aliphatic heterocycles. The van der Waals surface area contributed by atoms with Crippen LogP contribution in [0.15, 0.2) is 48.9 Å². The van der Waals surface area contributed by atoms with Crippen LogP contribution in [0.3, 0.4) is 0 Å². The van der Waals surface area contributed by atoms with Crippen molar-refractivity contribution in [3.8, 4) is 22.8 Å². The van der Waals surface area contributed by atoms with Crippen LogP contribution in [0.25, 0.3) is 28.4 Å². The average Bonchev–Trinajstić information content (AvgIpc) is 3.43. The smallest absolute Gasteiger partial charge is 0.351 e. The number of thiocarbonyl (C=S) groups is 1. The maximum absolute atomic E-state index is 13.5. The molecule has 1 saturated heterocycles. The third-order valence-corrected chi connectivity index (χ3v) is 9.86. The Morgan fingerprint density at radius 2 is 1.78 bits per heavy atom. The third kappa shape index (κ3) is 3.66. The summed E-state index contributed by atoms with van der Waals surface area (Å²) in [5.74, 6) is 3.47. The van der Waals surface area contributed by atoms with E-state index in [-0.39, 0.29) is 34.6 Å². The van der Waals surface area contributed by atoms with Gasteiger partial charge in [-0.2, -0.15) is 0 Å². The molecule has 1 amide bonds. The first-order chi connectivity index (χ1) is 17.9. The number of hydrogen-bond donors (Lipinski definition) is 1. The summed E-state index contributed by atoms with van der Waals surface area (Å²) in [6.07, 6.45) is 7.86. The maximum atomic E-state index is 13.5. The fraction of sp³-hybridized carbons (Fsp3) is 0.393. The van der Waals surface area contributed by atoms with Crippen molar-refractivity contribution in [2.24, 2.45) is 23.7 Å². The van der Waals surface area contributed by atoms with Gasteiger partial charge in [-0.25, -0.2) is 4.79 Å². The van der Waals surface area contributed by atoms with Crippen LogP contribution in [0, 0.1) is 23.7 Å². The zero-order chi connectivity index (χ0) is 25.4. The molecule has 0 spiro atoms. The number of thioether (sulfide) groups is 1. The molecule has 5 fully saturated rings. The molecule has 9 heteroatoms. The van der Waals surface area contributed by atoms with Crippen molar-refractivity contribution in [3.63, 3.8) is 0 Å². The highest BCUT2D eigenvalue weighted by atomic mass is 32.2. The van der Waals surface area contributed by atoms with Crippen molar-refractivity contribution in [1.82, 2.24) is 4.90 Å². The summed E-state index contributed by atoms with van der Waals surface area (Å²) in [5.41, 5.74) is -0.557. The minimum Gasteiger partial charge on any atom is -0.506 e. The molecule has 8 rings (SSSR count). The van der Waals surface area contributed by atoms with E-state index in [1.54, 1.807) is 36.4 Å². The van der Waals surface area contributed by atoms with E-state index < -0.39 is 5.63 Å². The van der Waals surface area contributed by atoms with E-state index in [0.29, 0.717) is 38.0 Å². The first kappa shape index (κ1) is 23.1. The number of ether oxygens (including phenoxy) is 1. The number of furan rings is 1. The van der Waals surface area contributed by atoms with Crippen LogP contribution in [-0.2, 0) is 4.79 Å². The number of fused-ring (bicyclic) bond motifs is 1. The van der Waals surface area contributed by atoms with E-state index in [0.717, 1.165) is 11.8 Å². The number of hydrogen-bond acceptors (Lipinski definition) is 8. The lowest BCUT2D eigenvalue weighted by atomic mass is 9.54. The van der Waals surface area contributed by atoms with Crippen LogP contribution in [0.2, 0.25) is 0 Å².